The average molecular weight is 189 g/mol. The Morgan fingerprint density at radius 2 is 2.14 bits per heavy atom. The minimum atomic E-state index is 0.0216. The molecule has 1 rings (SSSR count). The molecule has 2 nitrogen and oxygen atoms in total. The Hall–Kier alpha value is -1.49. The lowest BCUT2D eigenvalue weighted by Gasteiger charge is -2.08. The average Bonchev–Trinajstić information content (AvgIpc) is 2.20. The number of rotatable bonds is 4. The number of para-hydroxylation sites is 1. The molecule has 0 spiro atoms. The predicted octanol–water partition coefficient (Wildman–Crippen LogP) is 2.87. The van der Waals surface area contributed by atoms with Gasteiger partial charge in [0.1, 0.15) is 5.75 Å². The molecule has 1 aromatic carbocycles. The Morgan fingerprint density at radius 3 is 2.71 bits per heavy atom. The van der Waals surface area contributed by atoms with E-state index in [0.29, 0.717) is 12.2 Å². The van der Waals surface area contributed by atoms with Gasteiger partial charge in [0.05, 0.1) is 12.0 Å². The summed E-state index contributed by atoms with van der Waals surface area (Å²) in [6.45, 7) is 2.06. The number of phenols is 1. The van der Waals surface area contributed by atoms with Crippen LogP contribution in [0.1, 0.15) is 25.3 Å². The van der Waals surface area contributed by atoms with Crippen LogP contribution in [0.5, 0.6) is 5.75 Å². The second-order valence-electron chi connectivity index (χ2n) is 3.45. The molecule has 74 valence electrons. The van der Waals surface area contributed by atoms with Gasteiger partial charge in [-0.15, -0.1) is 0 Å². The second kappa shape index (κ2) is 5.29. The van der Waals surface area contributed by atoms with Crippen LogP contribution in [0.4, 0.5) is 0 Å². The summed E-state index contributed by atoms with van der Waals surface area (Å²) >= 11 is 0. The Kier molecular flexibility index (Phi) is 4.00. The lowest BCUT2D eigenvalue weighted by atomic mass is 9.96. The van der Waals surface area contributed by atoms with Gasteiger partial charge in [0, 0.05) is 0 Å². The number of phenolic OH excluding ortho intramolecular Hbond substituents is 1. The molecule has 2 heteroatoms. The molecule has 14 heavy (non-hydrogen) atoms. The van der Waals surface area contributed by atoms with E-state index in [4.69, 9.17) is 5.26 Å². The van der Waals surface area contributed by atoms with Gasteiger partial charge in [0.25, 0.3) is 0 Å². The molecule has 1 atom stereocenters. The first kappa shape index (κ1) is 10.6. The molecule has 0 amide bonds. The molecule has 1 unspecified atom stereocenters. The number of hydrogen-bond acceptors (Lipinski definition) is 2. The van der Waals surface area contributed by atoms with Crippen molar-refractivity contribution in [3.63, 3.8) is 0 Å². The van der Waals surface area contributed by atoms with Gasteiger partial charge < -0.3 is 5.11 Å². The molecular weight excluding hydrogens is 174 g/mol. The molecule has 0 bridgehead atoms. The highest BCUT2D eigenvalue weighted by Gasteiger charge is 2.09. The highest BCUT2D eigenvalue weighted by atomic mass is 16.3. The zero-order chi connectivity index (χ0) is 10.4. The van der Waals surface area contributed by atoms with Crippen molar-refractivity contribution in [3.05, 3.63) is 29.8 Å². The molecule has 1 aromatic rings. The summed E-state index contributed by atoms with van der Waals surface area (Å²) < 4.78 is 0. The Balaban J connectivity index is 2.68. The number of nitrogens with zero attached hydrogens (tertiary/aromatic N) is 1. The van der Waals surface area contributed by atoms with Gasteiger partial charge in [-0.3, -0.25) is 0 Å². The standard InChI is InChI=1S/C12H15NO/c1-2-5-10(9-13)8-11-6-3-4-7-12(11)14/h3-4,6-7,10,14H,2,5,8H2,1H3. The molecule has 0 aliphatic carbocycles. The zero-order valence-corrected chi connectivity index (χ0v) is 8.40. The maximum Gasteiger partial charge on any atom is 0.118 e. The van der Waals surface area contributed by atoms with Gasteiger partial charge >= 0.3 is 0 Å². The lowest BCUT2D eigenvalue weighted by Crippen LogP contribution is -2.01. The first-order valence-corrected chi connectivity index (χ1v) is 4.94. The summed E-state index contributed by atoms with van der Waals surface area (Å²) in [6, 6.07) is 9.48. The fraction of sp³-hybridized carbons (Fsp3) is 0.417. The van der Waals surface area contributed by atoms with E-state index in [-0.39, 0.29) is 5.92 Å². The second-order valence-corrected chi connectivity index (χ2v) is 3.45. The molecule has 0 aliphatic heterocycles. The number of benzene rings is 1. The third-order valence-electron chi connectivity index (χ3n) is 2.28. The largest absolute Gasteiger partial charge is 0.508 e. The van der Waals surface area contributed by atoms with Gasteiger partial charge in [-0.1, -0.05) is 31.5 Å². The Bertz CT molecular complexity index is 327. The molecule has 0 fully saturated rings. The van der Waals surface area contributed by atoms with E-state index in [2.05, 4.69) is 13.0 Å². The minimum Gasteiger partial charge on any atom is -0.508 e. The van der Waals surface area contributed by atoms with Gasteiger partial charge in [-0.05, 0) is 24.5 Å². The van der Waals surface area contributed by atoms with Crippen LogP contribution in [0.2, 0.25) is 0 Å². The van der Waals surface area contributed by atoms with Crippen molar-refractivity contribution in [1.29, 1.82) is 5.26 Å². The molecule has 1 N–H and O–H groups in total. The summed E-state index contributed by atoms with van der Waals surface area (Å²) in [5, 5.41) is 18.4. The van der Waals surface area contributed by atoms with Crippen LogP contribution in [0, 0.1) is 17.2 Å². The summed E-state index contributed by atoms with van der Waals surface area (Å²) in [5.41, 5.74) is 0.868. The molecule has 0 aromatic heterocycles. The van der Waals surface area contributed by atoms with Crippen LogP contribution in [-0.2, 0) is 6.42 Å². The highest BCUT2D eigenvalue weighted by Crippen LogP contribution is 2.21. The van der Waals surface area contributed by atoms with Crippen molar-refractivity contribution >= 4 is 0 Å². The van der Waals surface area contributed by atoms with Crippen LogP contribution >= 0.6 is 0 Å². The molecule has 0 saturated carbocycles. The van der Waals surface area contributed by atoms with E-state index < -0.39 is 0 Å². The Morgan fingerprint density at radius 1 is 1.43 bits per heavy atom. The van der Waals surface area contributed by atoms with Crippen molar-refractivity contribution < 1.29 is 5.11 Å². The van der Waals surface area contributed by atoms with E-state index in [1.54, 1.807) is 12.1 Å². The fourth-order valence-corrected chi connectivity index (χ4v) is 1.51. The number of aromatic hydroxyl groups is 1. The van der Waals surface area contributed by atoms with E-state index in [9.17, 15) is 5.11 Å². The van der Waals surface area contributed by atoms with Crippen LogP contribution in [0.3, 0.4) is 0 Å². The predicted molar refractivity (Wildman–Crippen MR) is 55.8 cm³/mol. The van der Waals surface area contributed by atoms with E-state index >= 15 is 0 Å². The van der Waals surface area contributed by atoms with Crippen LogP contribution < -0.4 is 0 Å². The van der Waals surface area contributed by atoms with Crippen LogP contribution in [-0.4, -0.2) is 5.11 Å². The van der Waals surface area contributed by atoms with Crippen molar-refractivity contribution in [3.8, 4) is 11.8 Å². The monoisotopic (exact) mass is 189 g/mol. The normalized spacial score (nSPS) is 12.0. The SMILES string of the molecule is CCCC(C#N)Cc1ccccc1O. The maximum atomic E-state index is 9.51. The topological polar surface area (TPSA) is 44.0 Å². The van der Waals surface area contributed by atoms with Crippen molar-refractivity contribution in [2.45, 2.75) is 26.2 Å². The van der Waals surface area contributed by atoms with Crippen molar-refractivity contribution in [1.82, 2.24) is 0 Å². The van der Waals surface area contributed by atoms with Gasteiger partial charge in [-0.2, -0.15) is 5.26 Å². The summed E-state index contributed by atoms with van der Waals surface area (Å²) in [4.78, 5) is 0. The van der Waals surface area contributed by atoms with Gasteiger partial charge in [-0.25, -0.2) is 0 Å². The molecular formula is C12H15NO. The first-order valence-electron chi connectivity index (χ1n) is 4.94. The molecule has 0 heterocycles. The van der Waals surface area contributed by atoms with Gasteiger partial charge in [0.2, 0.25) is 0 Å². The third kappa shape index (κ3) is 2.77. The van der Waals surface area contributed by atoms with E-state index in [1.165, 1.54) is 0 Å². The van der Waals surface area contributed by atoms with Crippen LogP contribution in [0.15, 0.2) is 24.3 Å². The van der Waals surface area contributed by atoms with Gasteiger partial charge in [0.15, 0.2) is 0 Å². The fourth-order valence-electron chi connectivity index (χ4n) is 1.51. The molecule has 0 aliphatic rings. The minimum absolute atomic E-state index is 0.0216. The first-order chi connectivity index (χ1) is 6.77. The third-order valence-corrected chi connectivity index (χ3v) is 2.28. The summed E-state index contributed by atoms with van der Waals surface area (Å²) in [6.07, 6.45) is 2.55. The summed E-state index contributed by atoms with van der Waals surface area (Å²) in [5.74, 6) is 0.317. The number of nitriles is 1. The maximum absolute atomic E-state index is 9.51. The van der Waals surface area contributed by atoms with E-state index in [1.807, 2.05) is 12.1 Å². The van der Waals surface area contributed by atoms with Crippen LogP contribution in [0.25, 0.3) is 0 Å². The zero-order valence-electron chi connectivity index (χ0n) is 8.40. The molecule has 0 saturated heterocycles. The quantitative estimate of drug-likeness (QED) is 0.791. The number of hydrogen-bond donors (Lipinski definition) is 1. The van der Waals surface area contributed by atoms with Crippen molar-refractivity contribution in [2.24, 2.45) is 5.92 Å². The summed E-state index contributed by atoms with van der Waals surface area (Å²) in [7, 11) is 0. The lowest BCUT2D eigenvalue weighted by molar-refractivity contribution is 0.461. The highest BCUT2D eigenvalue weighted by molar-refractivity contribution is 5.32. The molecule has 0 radical (unpaired) electrons. The van der Waals surface area contributed by atoms with Crippen molar-refractivity contribution in [2.75, 3.05) is 0 Å². The van der Waals surface area contributed by atoms with E-state index in [0.717, 1.165) is 18.4 Å². The smallest absolute Gasteiger partial charge is 0.118 e. The Labute approximate surface area is 84.8 Å².